The summed E-state index contributed by atoms with van der Waals surface area (Å²) in [6.45, 7) is 3.82. The van der Waals surface area contributed by atoms with Crippen LogP contribution >= 0.6 is 0 Å². The molecule has 2 nitrogen and oxygen atoms in total. The Kier molecular flexibility index (Phi) is 1.55. The lowest BCUT2D eigenvalue weighted by atomic mass is 9.90. The van der Waals surface area contributed by atoms with Crippen LogP contribution < -0.4 is 0 Å². The fourth-order valence-corrected chi connectivity index (χ4v) is 1.23. The lowest BCUT2D eigenvalue weighted by Gasteiger charge is -2.12. The molecule has 0 radical (unpaired) electrons. The number of hydrogen-bond donors (Lipinski definition) is 1. The number of allylic oxidation sites excluding steroid dienone is 1. The predicted octanol–water partition coefficient (Wildman–Crippen LogP) is 1.82. The molecule has 2 heteroatoms. The van der Waals surface area contributed by atoms with E-state index in [9.17, 15) is 4.79 Å². The molecule has 56 valence electrons. The lowest BCUT2D eigenvalue weighted by Crippen LogP contribution is -2.17. The van der Waals surface area contributed by atoms with E-state index in [1.807, 2.05) is 13.8 Å². The number of Topliss-reactive ketones (excluding diaryl/α,β-unsaturated/α-hetero) is 1. The normalized spacial score (nSPS) is 27.8. The maximum atomic E-state index is 11.2. The van der Waals surface area contributed by atoms with Gasteiger partial charge in [-0.15, -0.1) is 0 Å². The third-order valence-electron chi connectivity index (χ3n) is 2.08. The van der Waals surface area contributed by atoms with Gasteiger partial charge in [0.1, 0.15) is 0 Å². The van der Waals surface area contributed by atoms with E-state index >= 15 is 0 Å². The summed E-state index contributed by atoms with van der Waals surface area (Å²) in [5.41, 5.74) is 0.333. The molecule has 1 rings (SSSR count). The van der Waals surface area contributed by atoms with Crippen LogP contribution in [0.1, 0.15) is 26.7 Å². The quantitative estimate of drug-likeness (QED) is 0.411. The molecule has 1 fully saturated rings. The molecule has 1 N–H and O–H groups in total. The molecular weight excluding hydrogens is 128 g/mol. The van der Waals surface area contributed by atoms with Crippen molar-refractivity contribution in [2.45, 2.75) is 26.7 Å². The second-order valence-corrected chi connectivity index (χ2v) is 3.37. The molecule has 10 heavy (non-hydrogen) atoms. The van der Waals surface area contributed by atoms with Crippen molar-refractivity contribution in [1.29, 1.82) is 0 Å². The van der Waals surface area contributed by atoms with Gasteiger partial charge in [-0.3, -0.25) is 4.79 Å². The minimum absolute atomic E-state index is 0.0926. The monoisotopic (exact) mass is 140 g/mol. The molecule has 0 aromatic heterocycles. The maximum absolute atomic E-state index is 11.2. The molecule has 0 aliphatic heterocycles. The van der Waals surface area contributed by atoms with Gasteiger partial charge in [-0.2, -0.15) is 0 Å². The van der Waals surface area contributed by atoms with Gasteiger partial charge in [-0.05, 0) is 12.8 Å². The highest BCUT2D eigenvalue weighted by molar-refractivity contribution is 6.01. The Labute approximate surface area is 60.6 Å². The Morgan fingerprint density at radius 3 is 2.40 bits per heavy atom. The number of carbonyl (C=O) groups is 1. The summed E-state index contributed by atoms with van der Waals surface area (Å²) in [5, 5.41) is 8.59. The van der Waals surface area contributed by atoms with Crippen molar-refractivity contribution in [2.24, 2.45) is 5.41 Å². The average Bonchev–Trinajstić information content (AvgIpc) is 2.10. The summed E-state index contributed by atoms with van der Waals surface area (Å²) < 4.78 is 0. The zero-order valence-corrected chi connectivity index (χ0v) is 6.35. The van der Waals surface area contributed by atoms with E-state index in [4.69, 9.17) is 5.11 Å². The van der Waals surface area contributed by atoms with Gasteiger partial charge in [0.05, 0.1) is 6.26 Å². The number of carbonyl (C=O) groups excluding carboxylic acids is 1. The Morgan fingerprint density at radius 2 is 2.20 bits per heavy atom. The fraction of sp³-hybridized carbons (Fsp3) is 0.625. The first kappa shape index (κ1) is 7.32. The van der Waals surface area contributed by atoms with Crippen molar-refractivity contribution < 1.29 is 9.90 Å². The van der Waals surface area contributed by atoms with Crippen LogP contribution in [0.25, 0.3) is 0 Å². The second kappa shape index (κ2) is 2.11. The van der Waals surface area contributed by atoms with Crippen molar-refractivity contribution in [1.82, 2.24) is 0 Å². The minimum Gasteiger partial charge on any atom is -0.515 e. The molecule has 1 aliphatic carbocycles. The number of hydrogen-bond acceptors (Lipinski definition) is 2. The fourth-order valence-electron chi connectivity index (χ4n) is 1.23. The molecule has 0 saturated heterocycles. The van der Waals surface area contributed by atoms with Crippen LogP contribution in [0.3, 0.4) is 0 Å². The van der Waals surface area contributed by atoms with Gasteiger partial charge in [0, 0.05) is 11.0 Å². The van der Waals surface area contributed by atoms with Crippen molar-refractivity contribution in [2.75, 3.05) is 0 Å². The smallest absolute Gasteiger partial charge is 0.167 e. The first-order chi connectivity index (χ1) is 4.58. The highest BCUT2D eigenvalue weighted by Crippen LogP contribution is 2.36. The van der Waals surface area contributed by atoms with E-state index in [-0.39, 0.29) is 11.2 Å². The van der Waals surface area contributed by atoms with Gasteiger partial charge in [0.2, 0.25) is 0 Å². The van der Waals surface area contributed by atoms with E-state index in [1.165, 1.54) is 0 Å². The highest BCUT2D eigenvalue weighted by atomic mass is 16.2. The standard InChI is InChI=1S/C8H12O2/c1-8(2)4-3-6(5-9)7(8)10/h5,9H,3-4H2,1-2H3. The Bertz CT molecular complexity index is 189. The Hall–Kier alpha value is -0.790. The number of rotatable bonds is 0. The molecule has 0 atom stereocenters. The molecule has 0 heterocycles. The number of ketones is 1. The van der Waals surface area contributed by atoms with Gasteiger partial charge in [0.25, 0.3) is 0 Å². The second-order valence-electron chi connectivity index (χ2n) is 3.37. The molecule has 0 unspecified atom stereocenters. The summed E-state index contributed by atoms with van der Waals surface area (Å²) in [4.78, 5) is 11.2. The minimum atomic E-state index is -0.242. The summed E-state index contributed by atoms with van der Waals surface area (Å²) >= 11 is 0. The van der Waals surface area contributed by atoms with Gasteiger partial charge >= 0.3 is 0 Å². The third kappa shape index (κ3) is 0.939. The Balaban J connectivity index is 2.88. The predicted molar refractivity (Wildman–Crippen MR) is 38.7 cm³/mol. The molecule has 0 amide bonds. The van der Waals surface area contributed by atoms with Crippen LogP contribution in [-0.2, 0) is 4.79 Å². The highest BCUT2D eigenvalue weighted by Gasteiger charge is 2.36. The van der Waals surface area contributed by atoms with Crippen molar-refractivity contribution in [3.8, 4) is 0 Å². The summed E-state index contributed by atoms with van der Waals surface area (Å²) in [7, 11) is 0. The SMILES string of the molecule is CC1(C)CCC(=CO)C1=O. The zero-order chi connectivity index (χ0) is 7.78. The van der Waals surface area contributed by atoms with E-state index in [1.54, 1.807) is 0 Å². The van der Waals surface area contributed by atoms with Crippen LogP contribution in [0.2, 0.25) is 0 Å². The van der Waals surface area contributed by atoms with Crippen LogP contribution in [0.15, 0.2) is 11.8 Å². The number of aliphatic hydroxyl groups excluding tert-OH is 1. The van der Waals surface area contributed by atoms with Gasteiger partial charge < -0.3 is 5.11 Å². The van der Waals surface area contributed by atoms with Crippen molar-refractivity contribution >= 4 is 5.78 Å². The summed E-state index contributed by atoms with van der Waals surface area (Å²) in [6, 6.07) is 0. The molecule has 0 spiro atoms. The van der Waals surface area contributed by atoms with E-state index in [2.05, 4.69) is 0 Å². The van der Waals surface area contributed by atoms with Gasteiger partial charge in [-0.1, -0.05) is 13.8 Å². The van der Waals surface area contributed by atoms with Gasteiger partial charge in [0.15, 0.2) is 5.78 Å². The Morgan fingerprint density at radius 1 is 1.60 bits per heavy atom. The molecular formula is C8H12O2. The average molecular weight is 140 g/mol. The largest absolute Gasteiger partial charge is 0.515 e. The van der Waals surface area contributed by atoms with Gasteiger partial charge in [-0.25, -0.2) is 0 Å². The molecule has 0 bridgehead atoms. The maximum Gasteiger partial charge on any atom is 0.167 e. The van der Waals surface area contributed by atoms with Crippen LogP contribution in [0, 0.1) is 5.41 Å². The summed E-state index contributed by atoms with van der Waals surface area (Å²) in [6.07, 6.45) is 2.53. The van der Waals surface area contributed by atoms with Crippen molar-refractivity contribution in [3.63, 3.8) is 0 Å². The lowest BCUT2D eigenvalue weighted by molar-refractivity contribution is -0.121. The third-order valence-corrected chi connectivity index (χ3v) is 2.08. The van der Waals surface area contributed by atoms with E-state index in [0.717, 1.165) is 19.1 Å². The first-order valence-corrected chi connectivity index (χ1v) is 3.46. The topological polar surface area (TPSA) is 37.3 Å². The first-order valence-electron chi connectivity index (χ1n) is 3.46. The van der Waals surface area contributed by atoms with Crippen molar-refractivity contribution in [3.05, 3.63) is 11.8 Å². The molecule has 1 aliphatic rings. The molecule has 1 saturated carbocycles. The van der Waals surface area contributed by atoms with Crippen LogP contribution in [-0.4, -0.2) is 10.9 Å². The molecule has 0 aromatic rings. The summed E-state index contributed by atoms with van der Waals surface area (Å²) in [5.74, 6) is 0.0926. The van der Waals surface area contributed by atoms with E-state index in [0.29, 0.717) is 5.57 Å². The van der Waals surface area contributed by atoms with E-state index < -0.39 is 0 Å². The van der Waals surface area contributed by atoms with Crippen LogP contribution in [0.4, 0.5) is 0 Å². The molecule has 0 aromatic carbocycles. The zero-order valence-electron chi connectivity index (χ0n) is 6.35. The number of aliphatic hydroxyl groups is 1. The van der Waals surface area contributed by atoms with Crippen LogP contribution in [0.5, 0.6) is 0 Å².